The van der Waals surface area contributed by atoms with Crippen LogP contribution >= 0.6 is 0 Å². The fourth-order valence-corrected chi connectivity index (χ4v) is 6.30. The molecule has 106 valence electrons. The Kier molecular flexibility index (Phi) is 3.46. The Bertz CT molecular complexity index is 353. The molecule has 0 aliphatic heterocycles. The molecule has 3 fully saturated rings. The summed E-state index contributed by atoms with van der Waals surface area (Å²) >= 11 is 0. The Morgan fingerprint density at radius 2 is 1.58 bits per heavy atom. The molecule has 0 amide bonds. The van der Waals surface area contributed by atoms with E-state index in [-0.39, 0.29) is 0 Å². The van der Waals surface area contributed by atoms with E-state index in [1.165, 1.54) is 44.9 Å². The lowest BCUT2D eigenvalue weighted by atomic mass is 9.54. The van der Waals surface area contributed by atoms with E-state index in [0.29, 0.717) is 0 Å². The van der Waals surface area contributed by atoms with Gasteiger partial charge in [-0.2, -0.15) is 0 Å². The molecule has 0 aromatic carbocycles. The van der Waals surface area contributed by atoms with Gasteiger partial charge in [0.05, 0.1) is 0 Å². The third-order valence-corrected chi connectivity index (χ3v) is 7.06. The van der Waals surface area contributed by atoms with Crippen molar-refractivity contribution >= 4 is 0 Å². The molecule has 0 radical (unpaired) electrons. The van der Waals surface area contributed by atoms with Gasteiger partial charge in [-0.25, -0.2) is 0 Å². The molecule has 0 spiro atoms. The molecule has 4 rings (SSSR count). The van der Waals surface area contributed by atoms with Gasteiger partial charge < -0.3 is 0 Å². The topological polar surface area (TPSA) is 0 Å². The Morgan fingerprint density at radius 1 is 0.684 bits per heavy atom. The Hall–Kier alpha value is -0.260. The van der Waals surface area contributed by atoms with Gasteiger partial charge in [0, 0.05) is 0 Å². The predicted octanol–water partition coefficient (Wildman–Crippen LogP) is 5.73. The van der Waals surface area contributed by atoms with E-state index >= 15 is 0 Å². The summed E-state index contributed by atoms with van der Waals surface area (Å²) in [5.41, 5.74) is 1.89. The second kappa shape index (κ2) is 5.26. The number of rotatable bonds is 1. The van der Waals surface area contributed by atoms with Gasteiger partial charge in [0.1, 0.15) is 0 Å². The van der Waals surface area contributed by atoms with Gasteiger partial charge in [-0.15, -0.1) is 0 Å². The summed E-state index contributed by atoms with van der Waals surface area (Å²) in [6, 6.07) is 0. The molecule has 19 heavy (non-hydrogen) atoms. The van der Waals surface area contributed by atoms with Crippen molar-refractivity contribution in [2.45, 2.75) is 77.0 Å². The summed E-state index contributed by atoms with van der Waals surface area (Å²) in [6.45, 7) is 0. The lowest BCUT2D eigenvalue weighted by Crippen LogP contribution is -2.42. The van der Waals surface area contributed by atoms with E-state index in [1.54, 1.807) is 32.1 Å². The van der Waals surface area contributed by atoms with Crippen LogP contribution in [0.4, 0.5) is 0 Å². The summed E-state index contributed by atoms with van der Waals surface area (Å²) < 4.78 is 0. The maximum atomic E-state index is 2.63. The molecule has 0 nitrogen and oxygen atoms in total. The number of allylic oxidation sites excluding steroid dienone is 2. The maximum Gasteiger partial charge on any atom is -0.0172 e. The maximum absolute atomic E-state index is 2.63. The first kappa shape index (κ1) is 12.5. The summed E-state index contributed by atoms with van der Waals surface area (Å²) in [5, 5.41) is 0. The van der Waals surface area contributed by atoms with Gasteiger partial charge in [0.2, 0.25) is 0 Å². The number of hydrogen-bond acceptors (Lipinski definition) is 0. The van der Waals surface area contributed by atoms with E-state index in [9.17, 15) is 0 Å². The molecule has 0 aromatic heterocycles. The van der Waals surface area contributed by atoms with E-state index in [1.807, 2.05) is 5.57 Å². The Morgan fingerprint density at radius 3 is 2.47 bits per heavy atom. The van der Waals surface area contributed by atoms with Gasteiger partial charge in [-0.1, -0.05) is 37.3 Å². The van der Waals surface area contributed by atoms with Gasteiger partial charge in [-0.3, -0.25) is 0 Å². The van der Waals surface area contributed by atoms with Crippen molar-refractivity contribution in [3.63, 3.8) is 0 Å². The number of fused-ring (bicyclic) bond motifs is 3. The van der Waals surface area contributed by atoms with Gasteiger partial charge in [0.15, 0.2) is 0 Å². The first-order valence-electron chi connectivity index (χ1n) is 9.12. The largest absolute Gasteiger partial charge is 0.0850 e. The van der Waals surface area contributed by atoms with Crippen molar-refractivity contribution in [3.8, 4) is 0 Å². The quantitative estimate of drug-likeness (QED) is 0.527. The summed E-state index contributed by atoms with van der Waals surface area (Å²) in [4.78, 5) is 0. The van der Waals surface area contributed by atoms with Crippen LogP contribution in [0, 0.1) is 29.6 Å². The highest BCUT2D eigenvalue weighted by Crippen LogP contribution is 2.55. The van der Waals surface area contributed by atoms with Crippen molar-refractivity contribution < 1.29 is 0 Å². The van der Waals surface area contributed by atoms with E-state index in [4.69, 9.17) is 0 Å². The van der Waals surface area contributed by atoms with E-state index < -0.39 is 0 Å². The van der Waals surface area contributed by atoms with Crippen LogP contribution in [0.3, 0.4) is 0 Å². The van der Waals surface area contributed by atoms with Crippen LogP contribution in [0.1, 0.15) is 77.0 Å². The molecule has 5 unspecified atom stereocenters. The van der Waals surface area contributed by atoms with Crippen LogP contribution in [0.25, 0.3) is 0 Å². The monoisotopic (exact) mass is 258 g/mol. The van der Waals surface area contributed by atoms with Crippen LogP contribution in [-0.2, 0) is 0 Å². The summed E-state index contributed by atoms with van der Waals surface area (Å²) in [5.74, 6) is 5.50. The van der Waals surface area contributed by atoms with Crippen molar-refractivity contribution in [2.24, 2.45) is 29.6 Å². The summed E-state index contributed by atoms with van der Waals surface area (Å²) in [7, 11) is 0. The highest BCUT2D eigenvalue weighted by molar-refractivity contribution is 5.15. The second-order valence-corrected chi connectivity index (χ2v) is 7.82. The first-order chi connectivity index (χ1) is 9.43. The van der Waals surface area contributed by atoms with Gasteiger partial charge in [-0.05, 0) is 81.0 Å². The van der Waals surface area contributed by atoms with Crippen LogP contribution in [0.2, 0.25) is 0 Å². The van der Waals surface area contributed by atoms with Crippen LogP contribution in [0.5, 0.6) is 0 Å². The molecular weight excluding hydrogens is 228 g/mol. The average Bonchev–Trinajstić information content (AvgIpc) is 3.00. The molecule has 0 aromatic rings. The third-order valence-electron chi connectivity index (χ3n) is 7.06. The second-order valence-electron chi connectivity index (χ2n) is 7.82. The minimum absolute atomic E-state index is 1.02. The normalized spacial score (nSPS) is 46.3. The van der Waals surface area contributed by atoms with Crippen LogP contribution in [0.15, 0.2) is 11.6 Å². The Labute approximate surface area is 119 Å². The molecule has 3 saturated carbocycles. The average molecular weight is 258 g/mol. The Balaban J connectivity index is 1.55. The molecule has 4 aliphatic rings. The molecule has 0 heteroatoms. The standard InChI is InChI=1S/C19H30/c1-2-7-14(6-1)17-10-5-11-18-16-9-4-3-8-15(16)12-13-19(17)18/h6,15-19H,1-5,7-13H2. The minimum Gasteiger partial charge on any atom is -0.0850 e. The highest BCUT2D eigenvalue weighted by Gasteiger charge is 2.45. The molecule has 0 saturated heterocycles. The lowest BCUT2D eigenvalue weighted by Gasteiger charge is -2.51. The molecule has 0 bridgehead atoms. The van der Waals surface area contributed by atoms with Crippen molar-refractivity contribution in [2.75, 3.05) is 0 Å². The van der Waals surface area contributed by atoms with Crippen LogP contribution < -0.4 is 0 Å². The molecule has 0 N–H and O–H groups in total. The predicted molar refractivity (Wildman–Crippen MR) is 80.9 cm³/mol. The zero-order chi connectivity index (χ0) is 12.7. The summed E-state index contributed by atoms with van der Waals surface area (Å²) in [6.07, 6.45) is 20.9. The molecule has 0 heterocycles. The molecular formula is C19H30. The zero-order valence-corrected chi connectivity index (χ0v) is 12.4. The van der Waals surface area contributed by atoms with Crippen molar-refractivity contribution in [1.82, 2.24) is 0 Å². The fourth-order valence-electron chi connectivity index (χ4n) is 6.30. The zero-order valence-electron chi connectivity index (χ0n) is 12.4. The van der Waals surface area contributed by atoms with Crippen molar-refractivity contribution in [3.05, 3.63) is 11.6 Å². The van der Waals surface area contributed by atoms with Gasteiger partial charge in [0.25, 0.3) is 0 Å². The molecule has 4 aliphatic carbocycles. The minimum atomic E-state index is 1.02. The molecule has 5 atom stereocenters. The van der Waals surface area contributed by atoms with E-state index in [0.717, 1.165) is 29.6 Å². The number of hydrogen-bond donors (Lipinski definition) is 0. The van der Waals surface area contributed by atoms with Gasteiger partial charge >= 0.3 is 0 Å². The van der Waals surface area contributed by atoms with E-state index in [2.05, 4.69) is 6.08 Å². The van der Waals surface area contributed by atoms with Crippen molar-refractivity contribution in [1.29, 1.82) is 0 Å². The fraction of sp³-hybridized carbons (Fsp3) is 0.895. The van der Waals surface area contributed by atoms with Crippen LogP contribution in [-0.4, -0.2) is 0 Å². The third kappa shape index (κ3) is 2.20. The SMILES string of the molecule is C1=C(C2CCCC3C4CCCCC4CCC23)CCC1. The lowest BCUT2D eigenvalue weighted by molar-refractivity contribution is 0.00541. The smallest absolute Gasteiger partial charge is 0.0172 e. The first-order valence-corrected chi connectivity index (χ1v) is 9.12. The highest BCUT2D eigenvalue weighted by atomic mass is 14.5.